The molecule has 2 heterocycles. The number of nitrogens with zero attached hydrogens (tertiary/aromatic N) is 1. The van der Waals surface area contributed by atoms with E-state index in [1.807, 2.05) is 42.5 Å². The molecule has 0 atom stereocenters. The summed E-state index contributed by atoms with van der Waals surface area (Å²) < 4.78 is 12.0. The van der Waals surface area contributed by atoms with E-state index >= 15 is 0 Å². The lowest BCUT2D eigenvalue weighted by atomic mass is 9.74. The Morgan fingerprint density at radius 1 is 1.17 bits per heavy atom. The third-order valence-electron chi connectivity index (χ3n) is 5.63. The van der Waals surface area contributed by atoms with Crippen molar-refractivity contribution < 1.29 is 14.3 Å². The first-order valence-corrected chi connectivity index (χ1v) is 10.5. The van der Waals surface area contributed by atoms with Crippen LogP contribution >= 0.6 is 15.9 Å². The number of hydrogen-bond acceptors (Lipinski definition) is 4. The molecule has 150 valence electrons. The summed E-state index contributed by atoms with van der Waals surface area (Å²) in [7, 11) is 1.57. The minimum atomic E-state index is -0.197. The molecule has 1 amide bonds. The van der Waals surface area contributed by atoms with E-state index in [0.717, 1.165) is 28.1 Å². The van der Waals surface area contributed by atoms with Crippen LogP contribution in [-0.4, -0.2) is 37.8 Å². The number of pyridine rings is 1. The van der Waals surface area contributed by atoms with E-state index in [9.17, 15) is 4.79 Å². The summed E-state index contributed by atoms with van der Waals surface area (Å²) in [4.78, 5) is 17.4. The first kappa shape index (κ1) is 19.9. The lowest BCUT2D eigenvalue weighted by Gasteiger charge is -2.38. The molecule has 0 spiro atoms. The number of carbonyl (C=O) groups is 1. The van der Waals surface area contributed by atoms with Crippen molar-refractivity contribution in [3.05, 3.63) is 70.3 Å². The molecule has 3 aromatic rings. The van der Waals surface area contributed by atoms with E-state index in [0.29, 0.717) is 31.3 Å². The van der Waals surface area contributed by atoms with Crippen LogP contribution in [0.25, 0.3) is 10.8 Å². The minimum Gasteiger partial charge on any atom is -0.481 e. The lowest BCUT2D eigenvalue weighted by Crippen LogP contribution is -2.44. The number of benzene rings is 2. The molecular formula is C23H23BrN2O3. The van der Waals surface area contributed by atoms with Crippen LogP contribution in [0.15, 0.2) is 59.1 Å². The molecule has 0 aliphatic carbocycles. The van der Waals surface area contributed by atoms with Gasteiger partial charge in [0.15, 0.2) is 0 Å². The Bertz CT molecular complexity index is 1010. The third-order valence-corrected chi connectivity index (χ3v) is 6.15. The number of ether oxygens (including phenoxy) is 2. The number of halogens is 1. The quantitative estimate of drug-likeness (QED) is 0.616. The SMILES string of the molecule is COc1nc(C(=O)NCC2(c3ccc(Br)cc3)CCOCC2)cc2ccccc12. The van der Waals surface area contributed by atoms with Gasteiger partial charge in [0.1, 0.15) is 5.69 Å². The number of aromatic nitrogens is 1. The number of nitrogens with one attached hydrogen (secondary N) is 1. The van der Waals surface area contributed by atoms with Gasteiger partial charge in [-0.1, -0.05) is 46.3 Å². The monoisotopic (exact) mass is 454 g/mol. The van der Waals surface area contributed by atoms with Gasteiger partial charge in [-0.15, -0.1) is 0 Å². The van der Waals surface area contributed by atoms with Crippen molar-refractivity contribution in [1.82, 2.24) is 10.3 Å². The Balaban J connectivity index is 1.58. The maximum absolute atomic E-state index is 13.0. The fourth-order valence-electron chi connectivity index (χ4n) is 3.91. The van der Waals surface area contributed by atoms with Crippen molar-refractivity contribution in [2.24, 2.45) is 0 Å². The van der Waals surface area contributed by atoms with Gasteiger partial charge in [0.2, 0.25) is 5.88 Å². The Hall–Kier alpha value is -2.44. The Labute approximate surface area is 178 Å². The molecule has 6 heteroatoms. The average molecular weight is 455 g/mol. The van der Waals surface area contributed by atoms with Crippen molar-refractivity contribution >= 4 is 32.6 Å². The van der Waals surface area contributed by atoms with Crippen LogP contribution in [0.4, 0.5) is 0 Å². The molecule has 29 heavy (non-hydrogen) atoms. The van der Waals surface area contributed by atoms with Crippen molar-refractivity contribution in [2.75, 3.05) is 26.9 Å². The Morgan fingerprint density at radius 3 is 2.62 bits per heavy atom. The molecule has 1 aliphatic heterocycles. The first-order chi connectivity index (χ1) is 14.1. The molecule has 2 aromatic carbocycles. The fraction of sp³-hybridized carbons (Fsp3) is 0.304. The predicted octanol–water partition coefficient (Wildman–Crippen LogP) is 4.48. The molecule has 0 radical (unpaired) electrons. The summed E-state index contributed by atoms with van der Waals surface area (Å²) in [6, 6.07) is 17.9. The van der Waals surface area contributed by atoms with Crippen LogP contribution < -0.4 is 10.1 Å². The summed E-state index contributed by atoms with van der Waals surface area (Å²) in [5.74, 6) is 0.263. The highest BCUT2D eigenvalue weighted by Gasteiger charge is 2.35. The molecule has 5 nitrogen and oxygen atoms in total. The molecule has 4 rings (SSSR count). The van der Waals surface area contributed by atoms with Gasteiger partial charge in [-0.2, -0.15) is 0 Å². The van der Waals surface area contributed by atoms with Crippen LogP contribution in [0.2, 0.25) is 0 Å². The number of fused-ring (bicyclic) bond motifs is 1. The van der Waals surface area contributed by atoms with Crippen molar-refractivity contribution in [3.8, 4) is 5.88 Å². The minimum absolute atomic E-state index is 0.143. The second-order valence-corrected chi connectivity index (χ2v) is 8.24. The second-order valence-electron chi connectivity index (χ2n) is 7.32. The molecule has 1 aromatic heterocycles. The number of rotatable bonds is 5. The van der Waals surface area contributed by atoms with E-state index in [1.54, 1.807) is 7.11 Å². The van der Waals surface area contributed by atoms with E-state index in [1.165, 1.54) is 5.56 Å². The van der Waals surface area contributed by atoms with Gasteiger partial charge in [-0.3, -0.25) is 4.79 Å². The second kappa shape index (κ2) is 8.51. The topological polar surface area (TPSA) is 60.5 Å². The molecule has 0 saturated carbocycles. The van der Waals surface area contributed by atoms with E-state index in [2.05, 4.69) is 38.4 Å². The molecule has 1 N–H and O–H groups in total. The summed E-state index contributed by atoms with van der Waals surface area (Å²) in [5.41, 5.74) is 1.43. The lowest BCUT2D eigenvalue weighted by molar-refractivity contribution is 0.0486. The number of carbonyl (C=O) groups excluding carboxylic acids is 1. The van der Waals surface area contributed by atoms with Gasteiger partial charge in [0.25, 0.3) is 5.91 Å². The van der Waals surface area contributed by atoms with Gasteiger partial charge in [-0.25, -0.2) is 4.98 Å². The highest BCUT2D eigenvalue weighted by Crippen LogP contribution is 2.35. The highest BCUT2D eigenvalue weighted by atomic mass is 79.9. The largest absolute Gasteiger partial charge is 0.481 e. The Kier molecular flexibility index (Phi) is 5.83. The van der Waals surface area contributed by atoms with Crippen molar-refractivity contribution in [3.63, 3.8) is 0 Å². The smallest absolute Gasteiger partial charge is 0.270 e. The molecule has 0 unspecified atom stereocenters. The predicted molar refractivity (Wildman–Crippen MR) is 117 cm³/mol. The van der Waals surface area contributed by atoms with Crippen LogP contribution in [0.3, 0.4) is 0 Å². The van der Waals surface area contributed by atoms with Crippen LogP contribution in [-0.2, 0) is 10.2 Å². The van der Waals surface area contributed by atoms with Crippen LogP contribution in [0, 0.1) is 0 Å². The molecular weight excluding hydrogens is 432 g/mol. The number of amides is 1. The zero-order chi connectivity index (χ0) is 20.3. The maximum Gasteiger partial charge on any atom is 0.270 e. The standard InChI is InChI=1S/C23H23BrN2O3/c1-28-22-19-5-3-2-4-16(19)14-20(26-22)21(27)25-15-23(10-12-29-13-11-23)17-6-8-18(24)9-7-17/h2-9,14H,10-13,15H2,1H3,(H,25,27). The van der Waals surface area contributed by atoms with Gasteiger partial charge in [0.05, 0.1) is 7.11 Å². The zero-order valence-corrected chi connectivity index (χ0v) is 17.9. The molecule has 1 fully saturated rings. The first-order valence-electron chi connectivity index (χ1n) is 9.67. The van der Waals surface area contributed by atoms with E-state index < -0.39 is 0 Å². The van der Waals surface area contributed by atoms with Crippen LogP contribution in [0.1, 0.15) is 28.9 Å². The molecule has 1 aliphatic rings. The normalized spacial score (nSPS) is 15.8. The average Bonchev–Trinajstić information content (AvgIpc) is 2.77. The van der Waals surface area contributed by atoms with E-state index in [-0.39, 0.29) is 11.3 Å². The third kappa shape index (κ3) is 4.14. The summed E-state index contributed by atoms with van der Waals surface area (Å²) in [6.45, 7) is 1.91. The van der Waals surface area contributed by atoms with Gasteiger partial charge < -0.3 is 14.8 Å². The van der Waals surface area contributed by atoms with Gasteiger partial charge >= 0.3 is 0 Å². The zero-order valence-electron chi connectivity index (χ0n) is 16.3. The Morgan fingerprint density at radius 2 is 1.90 bits per heavy atom. The number of methoxy groups -OCH3 is 1. The van der Waals surface area contributed by atoms with Crippen molar-refractivity contribution in [2.45, 2.75) is 18.3 Å². The summed E-state index contributed by atoms with van der Waals surface area (Å²) >= 11 is 3.50. The van der Waals surface area contributed by atoms with Gasteiger partial charge in [-0.05, 0) is 48.1 Å². The summed E-state index contributed by atoms with van der Waals surface area (Å²) in [5, 5.41) is 4.93. The van der Waals surface area contributed by atoms with Crippen LogP contribution in [0.5, 0.6) is 5.88 Å². The van der Waals surface area contributed by atoms with Crippen molar-refractivity contribution in [1.29, 1.82) is 0 Å². The molecule has 1 saturated heterocycles. The maximum atomic E-state index is 13.0. The molecule has 0 bridgehead atoms. The fourth-order valence-corrected chi connectivity index (χ4v) is 4.18. The van der Waals surface area contributed by atoms with E-state index in [4.69, 9.17) is 9.47 Å². The number of hydrogen-bond donors (Lipinski definition) is 1. The summed E-state index contributed by atoms with van der Waals surface area (Å²) in [6.07, 6.45) is 1.73. The van der Waals surface area contributed by atoms with Gasteiger partial charge in [0, 0.05) is 35.0 Å². The highest BCUT2D eigenvalue weighted by molar-refractivity contribution is 9.10.